The quantitative estimate of drug-likeness (QED) is 0.834. The van der Waals surface area contributed by atoms with E-state index in [2.05, 4.69) is 24.2 Å². The Hall–Kier alpha value is -2.43. The van der Waals surface area contributed by atoms with Crippen LogP contribution in [0, 0.1) is 6.92 Å². The van der Waals surface area contributed by atoms with Crippen molar-refractivity contribution in [3.05, 3.63) is 63.6 Å². The maximum Gasteiger partial charge on any atom is 0.267 e. The van der Waals surface area contributed by atoms with Crippen LogP contribution in [0.15, 0.2) is 41.2 Å². The van der Waals surface area contributed by atoms with Crippen LogP contribution in [0.25, 0.3) is 0 Å². The Labute approximate surface area is 160 Å². The molecule has 1 saturated heterocycles. The molecule has 0 radical (unpaired) electrons. The molecule has 2 aromatic rings. The molecule has 1 amide bonds. The summed E-state index contributed by atoms with van der Waals surface area (Å²) in [4.78, 5) is 27.1. The number of rotatable bonds is 4. The number of hydrogen-bond acceptors (Lipinski definition) is 3. The van der Waals surface area contributed by atoms with Crippen LogP contribution in [-0.4, -0.2) is 33.7 Å². The fraction of sp³-hybridized carbons (Fsp3) is 0.500. The van der Waals surface area contributed by atoms with Crippen molar-refractivity contribution < 1.29 is 4.79 Å². The van der Waals surface area contributed by atoms with Crippen LogP contribution >= 0.6 is 0 Å². The van der Waals surface area contributed by atoms with Crippen molar-refractivity contribution in [2.24, 2.45) is 0 Å². The molecular weight excluding hydrogens is 338 g/mol. The van der Waals surface area contributed by atoms with E-state index in [-0.39, 0.29) is 23.4 Å². The Morgan fingerprint density at radius 2 is 1.70 bits per heavy atom. The third kappa shape index (κ3) is 3.82. The second-order valence-corrected chi connectivity index (χ2v) is 8.00. The molecule has 5 heteroatoms. The van der Waals surface area contributed by atoms with Gasteiger partial charge in [-0.2, -0.15) is 5.10 Å². The van der Waals surface area contributed by atoms with Crippen molar-refractivity contribution in [3.63, 3.8) is 0 Å². The summed E-state index contributed by atoms with van der Waals surface area (Å²) < 4.78 is 1.67. The van der Waals surface area contributed by atoms with Gasteiger partial charge in [0.2, 0.25) is 5.91 Å². The lowest BCUT2D eigenvalue weighted by atomic mass is 9.96. The van der Waals surface area contributed by atoms with Crippen LogP contribution in [-0.2, 0) is 4.79 Å². The molecule has 1 saturated carbocycles. The van der Waals surface area contributed by atoms with Crippen LogP contribution in [0.1, 0.15) is 67.3 Å². The molecule has 5 nitrogen and oxygen atoms in total. The summed E-state index contributed by atoms with van der Waals surface area (Å²) in [6, 6.07) is 11.8. The first-order valence-electron chi connectivity index (χ1n) is 9.98. The summed E-state index contributed by atoms with van der Waals surface area (Å²) >= 11 is 0. The highest BCUT2D eigenvalue weighted by molar-refractivity contribution is 5.83. The highest BCUT2D eigenvalue weighted by Crippen LogP contribution is 2.38. The largest absolute Gasteiger partial charge is 0.342 e. The Bertz CT molecular complexity index is 875. The molecule has 4 rings (SSSR count). The Morgan fingerprint density at radius 1 is 1.04 bits per heavy atom. The minimum Gasteiger partial charge on any atom is -0.342 e. The topological polar surface area (TPSA) is 55.2 Å². The normalized spacial score (nSPS) is 19.1. The predicted molar refractivity (Wildman–Crippen MR) is 105 cm³/mol. The number of hydrogen-bond donors (Lipinski definition) is 0. The monoisotopic (exact) mass is 365 g/mol. The number of benzene rings is 1. The number of piperidine rings is 1. The smallest absolute Gasteiger partial charge is 0.267 e. The fourth-order valence-corrected chi connectivity index (χ4v) is 3.90. The lowest BCUT2D eigenvalue weighted by Gasteiger charge is -2.34. The van der Waals surface area contributed by atoms with Gasteiger partial charge in [0, 0.05) is 25.1 Å². The van der Waals surface area contributed by atoms with Crippen LogP contribution in [0.2, 0.25) is 0 Å². The highest BCUT2D eigenvalue weighted by Gasteiger charge is 2.30. The zero-order valence-electron chi connectivity index (χ0n) is 16.1. The first-order chi connectivity index (χ1) is 13.0. The average molecular weight is 365 g/mol. The molecule has 2 aliphatic rings. The molecule has 0 bridgehead atoms. The van der Waals surface area contributed by atoms with Gasteiger partial charge >= 0.3 is 0 Å². The molecule has 1 unspecified atom stereocenters. The second kappa shape index (κ2) is 7.29. The van der Waals surface area contributed by atoms with Crippen LogP contribution in [0.5, 0.6) is 0 Å². The van der Waals surface area contributed by atoms with Gasteiger partial charge in [0.05, 0.1) is 17.7 Å². The van der Waals surface area contributed by atoms with Gasteiger partial charge in [-0.1, -0.05) is 29.8 Å². The van der Waals surface area contributed by atoms with E-state index >= 15 is 0 Å². The lowest BCUT2D eigenvalue weighted by Crippen LogP contribution is -2.43. The van der Waals surface area contributed by atoms with Gasteiger partial charge < -0.3 is 4.90 Å². The van der Waals surface area contributed by atoms with Crippen molar-refractivity contribution in [1.82, 2.24) is 14.7 Å². The third-order valence-corrected chi connectivity index (χ3v) is 5.91. The number of aryl methyl sites for hydroxylation is 1. The van der Waals surface area contributed by atoms with Crippen molar-refractivity contribution in [1.29, 1.82) is 0 Å². The molecule has 1 aliphatic heterocycles. The molecule has 2 fully saturated rings. The summed E-state index contributed by atoms with van der Waals surface area (Å²) in [5.41, 5.74) is 3.27. The maximum absolute atomic E-state index is 12.9. The third-order valence-electron chi connectivity index (χ3n) is 5.91. The number of aromatic nitrogens is 2. The van der Waals surface area contributed by atoms with E-state index in [0.717, 1.165) is 24.1 Å². The number of carbonyl (C=O) groups is 1. The molecule has 0 N–H and O–H groups in total. The van der Waals surface area contributed by atoms with Crippen molar-refractivity contribution >= 4 is 5.91 Å². The number of carbonyl (C=O) groups excluding carboxylic acids is 1. The van der Waals surface area contributed by atoms with Crippen LogP contribution in [0.4, 0.5) is 0 Å². The van der Waals surface area contributed by atoms with E-state index in [1.54, 1.807) is 10.7 Å². The van der Waals surface area contributed by atoms with E-state index in [4.69, 9.17) is 0 Å². The summed E-state index contributed by atoms with van der Waals surface area (Å²) in [6.45, 7) is 5.39. The van der Waals surface area contributed by atoms with Gasteiger partial charge in [0.1, 0.15) is 0 Å². The van der Waals surface area contributed by atoms with E-state index in [1.165, 1.54) is 18.4 Å². The van der Waals surface area contributed by atoms with Gasteiger partial charge in [-0.15, -0.1) is 0 Å². The lowest BCUT2D eigenvalue weighted by molar-refractivity contribution is -0.133. The summed E-state index contributed by atoms with van der Waals surface area (Å²) in [5, 5.41) is 4.62. The summed E-state index contributed by atoms with van der Waals surface area (Å²) in [7, 11) is 0. The molecule has 1 aliphatic carbocycles. The molecule has 142 valence electrons. The van der Waals surface area contributed by atoms with Crippen LogP contribution in [0.3, 0.4) is 0 Å². The van der Waals surface area contributed by atoms with E-state index < -0.39 is 0 Å². The standard InChI is InChI=1S/C22H27N3O2/c1-15-3-5-17(6-4-15)16(2)22(27)24-13-11-19(12-14-24)25-21(26)10-9-20(23-25)18-7-8-18/h3-6,9-10,16,18-19H,7-8,11-14H2,1-2H3. The second-order valence-electron chi connectivity index (χ2n) is 8.00. The molecule has 1 aromatic heterocycles. The molecule has 0 spiro atoms. The average Bonchev–Trinajstić information content (AvgIpc) is 3.53. The van der Waals surface area contributed by atoms with Gasteiger partial charge in [-0.25, -0.2) is 4.68 Å². The van der Waals surface area contributed by atoms with Crippen molar-refractivity contribution in [2.75, 3.05) is 13.1 Å². The van der Waals surface area contributed by atoms with E-state index in [1.807, 2.05) is 30.0 Å². The van der Waals surface area contributed by atoms with Gasteiger partial charge in [-0.05, 0) is 51.2 Å². The molecule has 2 heterocycles. The summed E-state index contributed by atoms with van der Waals surface area (Å²) in [6.07, 6.45) is 3.92. The Morgan fingerprint density at radius 3 is 2.33 bits per heavy atom. The SMILES string of the molecule is Cc1ccc(C(C)C(=O)N2CCC(n3nc(C4CC4)ccc3=O)CC2)cc1. The minimum absolute atomic E-state index is 0.0304. The molecule has 27 heavy (non-hydrogen) atoms. The van der Waals surface area contributed by atoms with E-state index in [9.17, 15) is 9.59 Å². The van der Waals surface area contributed by atoms with Gasteiger partial charge in [-0.3, -0.25) is 9.59 Å². The zero-order valence-corrected chi connectivity index (χ0v) is 16.1. The zero-order chi connectivity index (χ0) is 19.0. The summed E-state index contributed by atoms with van der Waals surface area (Å²) in [5.74, 6) is 0.569. The Balaban J connectivity index is 1.41. The van der Waals surface area contributed by atoms with Gasteiger partial charge in [0.15, 0.2) is 0 Å². The highest BCUT2D eigenvalue weighted by atomic mass is 16.2. The number of amides is 1. The number of likely N-dealkylation sites (tertiary alicyclic amines) is 1. The molecule has 1 aromatic carbocycles. The van der Waals surface area contributed by atoms with Gasteiger partial charge in [0.25, 0.3) is 5.56 Å². The van der Waals surface area contributed by atoms with Crippen molar-refractivity contribution in [2.45, 2.75) is 57.4 Å². The predicted octanol–water partition coefficient (Wildman–Crippen LogP) is 3.40. The van der Waals surface area contributed by atoms with E-state index in [0.29, 0.717) is 19.0 Å². The number of nitrogens with zero attached hydrogens (tertiary/aromatic N) is 3. The molecule has 1 atom stereocenters. The fourth-order valence-electron chi connectivity index (χ4n) is 3.90. The minimum atomic E-state index is -0.138. The first kappa shape index (κ1) is 18.0. The first-order valence-corrected chi connectivity index (χ1v) is 9.98. The Kier molecular flexibility index (Phi) is 4.85. The molecular formula is C22H27N3O2. The van der Waals surface area contributed by atoms with Crippen molar-refractivity contribution in [3.8, 4) is 0 Å². The van der Waals surface area contributed by atoms with Crippen LogP contribution < -0.4 is 5.56 Å². The maximum atomic E-state index is 12.9.